The third-order valence-electron chi connectivity index (χ3n) is 2.94. The molecule has 118 valence electrons. The van der Waals surface area contributed by atoms with Crippen LogP contribution in [-0.2, 0) is 9.53 Å². The van der Waals surface area contributed by atoms with E-state index in [2.05, 4.69) is 5.32 Å². The van der Waals surface area contributed by atoms with Crippen LogP contribution in [-0.4, -0.2) is 18.5 Å². The van der Waals surface area contributed by atoms with Gasteiger partial charge in [0, 0.05) is 16.8 Å². The minimum atomic E-state index is -0.383. The van der Waals surface area contributed by atoms with Crippen LogP contribution in [0.15, 0.2) is 54.6 Å². The molecule has 0 saturated heterocycles. The Morgan fingerprint density at radius 3 is 2.57 bits per heavy atom. The van der Waals surface area contributed by atoms with Crippen LogP contribution in [0.2, 0.25) is 5.02 Å². The molecule has 0 saturated carbocycles. The van der Waals surface area contributed by atoms with E-state index in [4.69, 9.17) is 16.3 Å². The van der Waals surface area contributed by atoms with E-state index < -0.39 is 0 Å². The first-order valence-electron chi connectivity index (χ1n) is 7.10. The summed E-state index contributed by atoms with van der Waals surface area (Å²) in [4.78, 5) is 23.4. The zero-order valence-corrected chi connectivity index (χ0v) is 13.3. The molecule has 2 aromatic rings. The highest BCUT2D eigenvalue weighted by molar-refractivity contribution is 6.30. The first-order valence-corrected chi connectivity index (χ1v) is 7.48. The Hall–Kier alpha value is -2.59. The molecule has 0 aliphatic carbocycles. The number of carbonyl (C=O) groups excluding carboxylic acids is 2. The molecule has 0 radical (unpaired) electrons. The summed E-state index contributed by atoms with van der Waals surface area (Å²) in [6.45, 7) is 2.07. The number of hydrogen-bond acceptors (Lipinski definition) is 3. The van der Waals surface area contributed by atoms with Gasteiger partial charge in [0.1, 0.15) is 0 Å². The van der Waals surface area contributed by atoms with Crippen LogP contribution < -0.4 is 5.32 Å². The third kappa shape index (κ3) is 5.27. The molecule has 2 aromatic carbocycles. The summed E-state index contributed by atoms with van der Waals surface area (Å²) < 4.78 is 4.90. The fourth-order valence-corrected chi connectivity index (χ4v) is 2.07. The first kappa shape index (κ1) is 16.8. The monoisotopic (exact) mass is 329 g/mol. The number of hydrogen-bond donors (Lipinski definition) is 1. The number of rotatable bonds is 5. The standard InChI is InChI=1S/C18H16ClNO3/c1-2-23-18(22)14-7-9-16(10-8-14)20-17(21)11-6-13-4-3-5-15(19)12-13/h3-12H,2H2,1H3,(H,20,21)/b11-6+. The second-order valence-electron chi connectivity index (χ2n) is 4.68. The summed E-state index contributed by atoms with van der Waals surface area (Å²) >= 11 is 5.88. The molecule has 0 atom stereocenters. The normalized spacial score (nSPS) is 10.5. The van der Waals surface area contributed by atoms with Crippen LogP contribution in [0.5, 0.6) is 0 Å². The summed E-state index contributed by atoms with van der Waals surface area (Å²) in [6, 6.07) is 13.7. The van der Waals surface area contributed by atoms with Crippen LogP contribution in [0.3, 0.4) is 0 Å². The third-order valence-corrected chi connectivity index (χ3v) is 3.17. The number of ether oxygens (including phenoxy) is 1. The lowest BCUT2D eigenvalue weighted by molar-refractivity contribution is -0.111. The largest absolute Gasteiger partial charge is 0.462 e. The first-order chi connectivity index (χ1) is 11.1. The second kappa shape index (κ2) is 8.15. The van der Waals surface area contributed by atoms with Gasteiger partial charge < -0.3 is 10.1 Å². The van der Waals surface area contributed by atoms with Crippen molar-refractivity contribution in [2.45, 2.75) is 6.92 Å². The van der Waals surface area contributed by atoms with Crippen molar-refractivity contribution < 1.29 is 14.3 Å². The van der Waals surface area contributed by atoms with Crippen LogP contribution in [0.1, 0.15) is 22.8 Å². The van der Waals surface area contributed by atoms with Crippen LogP contribution in [0.4, 0.5) is 5.69 Å². The number of nitrogens with one attached hydrogen (secondary N) is 1. The van der Waals surface area contributed by atoms with Crippen molar-refractivity contribution in [1.29, 1.82) is 0 Å². The van der Waals surface area contributed by atoms with Gasteiger partial charge in [-0.15, -0.1) is 0 Å². The van der Waals surface area contributed by atoms with E-state index in [-0.39, 0.29) is 11.9 Å². The molecule has 4 nitrogen and oxygen atoms in total. The average Bonchev–Trinajstić information content (AvgIpc) is 2.54. The zero-order chi connectivity index (χ0) is 16.7. The topological polar surface area (TPSA) is 55.4 Å². The van der Waals surface area contributed by atoms with E-state index in [1.807, 2.05) is 12.1 Å². The Morgan fingerprint density at radius 1 is 1.17 bits per heavy atom. The van der Waals surface area contributed by atoms with Crippen molar-refractivity contribution in [2.24, 2.45) is 0 Å². The maximum absolute atomic E-state index is 11.9. The number of benzene rings is 2. The van der Waals surface area contributed by atoms with Gasteiger partial charge in [0.15, 0.2) is 0 Å². The molecule has 0 heterocycles. The molecule has 2 rings (SSSR count). The summed E-state index contributed by atoms with van der Waals surface area (Å²) in [5, 5.41) is 3.33. The predicted molar refractivity (Wildman–Crippen MR) is 91.5 cm³/mol. The van der Waals surface area contributed by atoms with Crippen molar-refractivity contribution in [3.63, 3.8) is 0 Å². The van der Waals surface area contributed by atoms with Gasteiger partial charge in [-0.25, -0.2) is 4.79 Å². The molecule has 1 amide bonds. The average molecular weight is 330 g/mol. The molecular weight excluding hydrogens is 314 g/mol. The Balaban J connectivity index is 1.96. The number of anilines is 1. The summed E-state index contributed by atoms with van der Waals surface area (Å²) in [5.41, 5.74) is 1.88. The molecule has 0 spiro atoms. The van der Waals surface area contributed by atoms with Gasteiger partial charge in [-0.3, -0.25) is 4.79 Å². The number of carbonyl (C=O) groups is 2. The van der Waals surface area contributed by atoms with Gasteiger partial charge in [0.05, 0.1) is 12.2 Å². The summed E-state index contributed by atoms with van der Waals surface area (Å²) in [5.74, 6) is -0.653. The summed E-state index contributed by atoms with van der Waals surface area (Å²) in [7, 11) is 0. The van der Waals surface area contributed by atoms with Crippen LogP contribution >= 0.6 is 11.6 Å². The van der Waals surface area contributed by atoms with Gasteiger partial charge in [0.25, 0.3) is 0 Å². The highest BCUT2D eigenvalue weighted by atomic mass is 35.5. The molecule has 5 heteroatoms. The Kier molecular flexibility index (Phi) is 5.94. The minimum absolute atomic E-state index is 0.270. The van der Waals surface area contributed by atoms with Crippen molar-refractivity contribution in [1.82, 2.24) is 0 Å². The predicted octanol–water partition coefficient (Wildman–Crippen LogP) is 4.17. The molecule has 0 fully saturated rings. The van der Waals surface area contributed by atoms with E-state index >= 15 is 0 Å². The van der Waals surface area contributed by atoms with Crippen molar-refractivity contribution in [3.05, 3.63) is 70.8 Å². The fraction of sp³-hybridized carbons (Fsp3) is 0.111. The second-order valence-corrected chi connectivity index (χ2v) is 5.11. The lowest BCUT2D eigenvalue weighted by Crippen LogP contribution is -2.08. The molecule has 1 N–H and O–H groups in total. The molecule has 0 aromatic heterocycles. The van der Waals surface area contributed by atoms with E-state index in [9.17, 15) is 9.59 Å². The maximum atomic E-state index is 11.9. The summed E-state index contributed by atoms with van der Waals surface area (Å²) in [6.07, 6.45) is 3.10. The fourth-order valence-electron chi connectivity index (χ4n) is 1.87. The lowest BCUT2D eigenvalue weighted by atomic mass is 10.2. The van der Waals surface area contributed by atoms with Gasteiger partial charge >= 0.3 is 5.97 Å². The quantitative estimate of drug-likeness (QED) is 0.661. The highest BCUT2D eigenvalue weighted by Gasteiger charge is 2.06. The smallest absolute Gasteiger partial charge is 0.338 e. The lowest BCUT2D eigenvalue weighted by Gasteiger charge is -2.04. The van der Waals surface area contributed by atoms with Gasteiger partial charge in [0.2, 0.25) is 5.91 Å². The number of esters is 1. The van der Waals surface area contributed by atoms with Gasteiger partial charge in [-0.1, -0.05) is 23.7 Å². The van der Waals surface area contributed by atoms with E-state index in [0.29, 0.717) is 22.9 Å². The highest BCUT2D eigenvalue weighted by Crippen LogP contribution is 2.13. The van der Waals surface area contributed by atoms with Crippen molar-refractivity contribution >= 4 is 35.2 Å². The maximum Gasteiger partial charge on any atom is 0.338 e. The van der Waals surface area contributed by atoms with Crippen LogP contribution in [0, 0.1) is 0 Å². The van der Waals surface area contributed by atoms with Gasteiger partial charge in [-0.2, -0.15) is 0 Å². The number of halogens is 1. The molecule has 23 heavy (non-hydrogen) atoms. The molecule has 0 aliphatic rings. The molecule has 0 unspecified atom stereocenters. The SMILES string of the molecule is CCOC(=O)c1ccc(NC(=O)/C=C/c2cccc(Cl)c2)cc1. The van der Waals surface area contributed by atoms with E-state index in [0.717, 1.165) is 5.56 Å². The van der Waals surface area contributed by atoms with Gasteiger partial charge in [-0.05, 0) is 55.0 Å². The van der Waals surface area contributed by atoms with Crippen molar-refractivity contribution in [3.8, 4) is 0 Å². The Labute approximate surface area is 139 Å². The number of amides is 1. The van der Waals surface area contributed by atoms with Crippen LogP contribution in [0.25, 0.3) is 6.08 Å². The Morgan fingerprint density at radius 2 is 1.91 bits per heavy atom. The molecule has 0 aliphatic heterocycles. The molecular formula is C18H16ClNO3. The molecule has 0 bridgehead atoms. The minimum Gasteiger partial charge on any atom is -0.462 e. The van der Waals surface area contributed by atoms with E-state index in [1.165, 1.54) is 6.08 Å². The van der Waals surface area contributed by atoms with E-state index in [1.54, 1.807) is 49.4 Å². The Bertz CT molecular complexity index is 723. The van der Waals surface area contributed by atoms with Crippen molar-refractivity contribution in [2.75, 3.05) is 11.9 Å². The zero-order valence-electron chi connectivity index (χ0n) is 12.6.